The maximum absolute atomic E-state index is 11.6. The standard InChI is InChI=1S/C20H29N3O4/c24-18-14-23(8-7-22-9-11-26-12-10-22)6-5-19(18)27-16-3-1-15-2-4-20(25)21-17(15)13-16/h1,3,13,18-19,24H,2,4-12,14H2,(H,21,25)/t18-,19-/m1/s1. The van der Waals surface area contributed by atoms with E-state index >= 15 is 0 Å². The van der Waals surface area contributed by atoms with Gasteiger partial charge in [-0.1, -0.05) is 6.07 Å². The Bertz CT molecular complexity index is 663. The van der Waals surface area contributed by atoms with Crippen molar-refractivity contribution in [2.45, 2.75) is 31.5 Å². The van der Waals surface area contributed by atoms with Gasteiger partial charge in [-0.2, -0.15) is 0 Å². The van der Waals surface area contributed by atoms with Gasteiger partial charge in [0.2, 0.25) is 5.91 Å². The van der Waals surface area contributed by atoms with Crippen molar-refractivity contribution < 1.29 is 19.4 Å². The third-order valence-corrected chi connectivity index (χ3v) is 5.70. The largest absolute Gasteiger partial charge is 0.488 e. The summed E-state index contributed by atoms with van der Waals surface area (Å²) >= 11 is 0. The van der Waals surface area contributed by atoms with E-state index in [1.54, 1.807) is 0 Å². The summed E-state index contributed by atoms with van der Waals surface area (Å²) in [5.41, 5.74) is 1.97. The van der Waals surface area contributed by atoms with Crippen LogP contribution in [-0.4, -0.2) is 85.5 Å². The van der Waals surface area contributed by atoms with Crippen LogP contribution in [0.25, 0.3) is 0 Å². The van der Waals surface area contributed by atoms with Crippen LogP contribution < -0.4 is 10.1 Å². The molecule has 2 N–H and O–H groups in total. The van der Waals surface area contributed by atoms with E-state index < -0.39 is 6.10 Å². The van der Waals surface area contributed by atoms with Crippen molar-refractivity contribution in [3.63, 3.8) is 0 Å². The molecule has 7 heteroatoms. The lowest BCUT2D eigenvalue weighted by Gasteiger charge is -2.37. The molecule has 0 bridgehead atoms. The number of aryl methyl sites for hydroxylation is 1. The van der Waals surface area contributed by atoms with Gasteiger partial charge >= 0.3 is 0 Å². The number of ether oxygens (including phenoxy) is 2. The molecule has 3 heterocycles. The number of carbonyl (C=O) groups is 1. The fraction of sp³-hybridized carbons (Fsp3) is 0.650. The second-order valence-electron chi connectivity index (χ2n) is 7.63. The summed E-state index contributed by atoms with van der Waals surface area (Å²) in [6.45, 7) is 7.18. The van der Waals surface area contributed by atoms with Crippen molar-refractivity contribution in [1.29, 1.82) is 0 Å². The van der Waals surface area contributed by atoms with Gasteiger partial charge in [-0.05, 0) is 24.5 Å². The van der Waals surface area contributed by atoms with Crippen LogP contribution in [0.5, 0.6) is 5.75 Å². The van der Waals surface area contributed by atoms with Crippen molar-refractivity contribution in [1.82, 2.24) is 9.80 Å². The van der Waals surface area contributed by atoms with Gasteiger partial charge in [0.25, 0.3) is 0 Å². The minimum atomic E-state index is -0.505. The molecule has 0 unspecified atom stereocenters. The number of hydrogen-bond acceptors (Lipinski definition) is 6. The van der Waals surface area contributed by atoms with Crippen LogP contribution in [0.15, 0.2) is 18.2 Å². The Morgan fingerprint density at radius 3 is 2.78 bits per heavy atom. The molecular formula is C20H29N3O4. The monoisotopic (exact) mass is 375 g/mol. The number of nitrogens with one attached hydrogen (secondary N) is 1. The van der Waals surface area contributed by atoms with Crippen LogP contribution in [0.1, 0.15) is 18.4 Å². The molecule has 1 amide bonds. The van der Waals surface area contributed by atoms with Gasteiger partial charge < -0.3 is 19.9 Å². The Kier molecular flexibility index (Phi) is 5.92. The number of morpholine rings is 1. The van der Waals surface area contributed by atoms with E-state index in [0.29, 0.717) is 18.7 Å². The van der Waals surface area contributed by atoms with Gasteiger partial charge in [-0.25, -0.2) is 0 Å². The summed E-state index contributed by atoms with van der Waals surface area (Å²) in [6, 6.07) is 5.83. The number of carbonyl (C=O) groups excluding carboxylic acids is 1. The van der Waals surface area contributed by atoms with Crippen LogP contribution in [0.3, 0.4) is 0 Å². The Hall–Kier alpha value is -1.67. The molecule has 2 fully saturated rings. The van der Waals surface area contributed by atoms with Crippen molar-refractivity contribution >= 4 is 11.6 Å². The highest BCUT2D eigenvalue weighted by molar-refractivity contribution is 5.94. The first kappa shape index (κ1) is 18.7. The predicted molar refractivity (Wildman–Crippen MR) is 102 cm³/mol. The summed E-state index contributed by atoms with van der Waals surface area (Å²) in [4.78, 5) is 16.3. The van der Waals surface area contributed by atoms with Gasteiger partial charge in [0.05, 0.1) is 13.2 Å². The SMILES string of the molecule is O=C1CCc2ccc(O[C@@H]3CCN(CCN4CCOCC4)C[C@H]3O)cc2N1. The lowest BCUT2D eigenvalue weighted by atomic mass is 10.0. The van der Waals surface area contributed by atoms with E-state index in [1.807, 2.05) is 18.2 Å². The zero-order valence-electron chi connectivity index (χ0n) is 15.7. The second kappa shape index (κ2) is 8.56. The predicted octanol–water partition coefficient (Wildman–Crippen LogP) is 0.718. The molecule has 4 rings (SSSR count). The molecular weight excluding hydrogens is 346 g/mol. The highest BCUT2D eigenvalue weighted by Crippen LogP contribution is 2.29. The van der Waals surface area contributed by atoms with Crippen molar-refractivity contribution in [3.8, 4) is 5.75 Å². The van der Waals surface area contributed by atoms with Gasteiger partial charge in [-0.3, -0.25) is 14.6 Å². The minimum Gasteiger partial charge on any atom is -0.488 e. The molecule has 3 aliphatic heterocycles. The number of nitrogens with zero attached hydrogens (tertiary/aromatic N) is 2. The molecule has 0 spiro atoms. The van der Waals surface area contributed by atoms with Crippen LogP contribution in [0.4, 0.5) is 5.69 Å². The maximum atomic E-state index is 11.6. The normalized spacial score (nSPS) is 27.1. The average molecular weight is 375 g/mol. The first-order valence-corrected chi connectivity index (χ1v) is 9.97. The summed E-state index contributed by atoms with van der Waals surface area (Å²) in [6.07, 6.45) is 1.39. The third kappa shape index (κ3) is 4.79. The van der Waals surface area contributed by atoms with E-state index in [0.717, 1.165) is 70.0 Å². The Labute approximate surface area is 160 Å². The topological polar surface area (TPSA) is 74.3 Å². The van der Waals surface area contributed by atoms with Crippen LogP contribution in [-0.2, 0) is 16.0 Å². The van der Waals surface area contributed by atoms with E-state index in [-0.39, 0.29) is 12.0 Å². The number of likely N-dealkylation sites (tertiary alicyclic amines) is 1. The summed E-state index contributed by atoms with van der Waals surface area (Å²) < 4.78 is 11.4. The lowest BCUT2D eigenvalue weighted by molar-refractivity contribution is -0.116. The first-order valence-electron chi connectivity index (χ1n) is 9.97. The number of benzene rings is 1. The van der Waals surface area contributed by atoms with E-state index in [9.17, 15) is 9.90 Å². The molecule has 2 atom stereocenters. The number of rotatable bonds is 5. The fourth-order valence-electron chi connectivity index (χ4n) is 4.02. The molecule has 3 aliphatic rings. The Morgan fingerprint density at radius 2 is 1.96 bits per heavy atom. The minimum absolute atomic E-state index is 0.0493. The molecule has 1 aromatic rings. The quantitative estimate of drug-likeness (QED) is 0.790. The highest BCUT2D eigenvalue weighted by atomic mass is 16.5. The number of aliphatic hydroxyl groups excluding tert-OH is 1. The zero-order chi connectivity index (χ0) is 18.6. The maximum Gasteiger partial charge on any atom is 0.224 e. The van der Waals surface area contributed by atoms with Crippen LogP contribution >= 0.6 is 0 Å². The summed E-state index contributed by atoms with van der Waals surface area (Å²) in [5.74, 6) is 0.759. The number of aliphatic hydroxyl groups is 1. The lowest BCUT2D eigenvalue weighted by Crippen LogP contribution is -2.51. The van der Waals surface area contributed by atoms with E-state index in [4.69, 9.17) is 9.47 Å². The number of anilines is 1. The molecule has 0 aromatic heterocycles. The highest BCUT2D eigenvalue weighted by Gasteiger charge is 2.29. The van der Waals surface area contributed by atoms with Crippen molar-refractivity contribution in [2.75, 3.05) is 57.8 Å². The zero-order valence-corrected chi connectivity index (χ0v) is 15.7. The third-order valence-electron chi connectivity index (χ3n) is 5.70. The molecule has 1 aromatic carbocycles. The van der Waals surface area contributed by atoms with Crippen molar-refractivity contribution in [2.24, 2.45) is 0 Å². The second-order valence-corrected chi connectivity index (χ2v) is 7.63. The Balaban J connectivity index is 1.27. The number of hydrogen-bond donors (Lipinski definition) is 2. The number of amides is 1. The molecule has 2 saturated heterocycles. The van der Waals surface area contributed by atoms with Crippen molar-refractivity contribution in [3.05, 3.63) is 23.8 Å². The Morgan fingerprint density at radius 1 is 1.15 bits per heavy atom. The number of piperidine rings is 1. The number of fused-ring (bicyclic) bond motifs is 1. The summed E-state index contributed by atoms with van der Waals surface area (Å²) in [5, 5.41) is 13.4. The fourth-order valence-corrected chi connectivity index (χ4v) is 4.02. The first-order chi connectivity index (χ1) is 13.2. The van der Waals surface area contributed by atoms with Gasteiger partial charge in [0.1, 0.15) is 18.0 Å². The molecule has 148 valence electrons. The molecule has 0 saturated carbocycles. The van der Waals surface area contributed by atoms with E-state index in [1.165, 1.54) is 0 Å². The molecule has 0 radical (unpaired) electrons. The van der Waals surface area contributed by atoms with Crippen LogP contribution in [0.2, 0.25) is 0 Å². The van der Waals surface area contributed by atoms with Gasteiger partial charge in [-0.15, -0.1) is 0 Å². The van der Waals surface area contributed by atoms with Gasteiger partial charge in [0.15, 0.2) is 0 Å². The molecule has 0 aliphatic carbocycles. The number of β-amino-alcohol motifs (C(OH)–C–C–N with tert-alkyl or cyclic N) is 1. The molecule has 27 heavy (non-hydrogen) atoms. The summed E-state index contributed by atoms with van der Waals surface area (Å²) in [7, 11) is 0. The molecule has 7 nitrogen and oxygen atoms in total. The van der Waals surface area contributed by atoms with Gasteiger partial charge in [0, 0.05) is 57.4 Å². The smallest absolute Gasteiger partial charge is 0.224 e. The average Bonchev–Trinajstić information content (AvgIpc) is 2.69. The van der Waals surface area contributed by atoms with E-state index in [2.05, 4.69) is 15.1 Å². The van der Waals surface area contributed by atoms with Crippen LogP contribution in [0, 0.1) is 0 Å².